The van der Waals surface area contributed by atoms with Crippen molar-refractivity contribution in [2.45, 2.75) is 19.9 Å². The molecule has 0 atom stereocenters. The third-order valence-electron chi connectivity index (χ3n) is 1.89. The van der Waals surface area contributed by atoms with Gasteiger partial charge in [0.25, 0.3) is 0 Å². The van der Waals surface area contributed by atoms with Crippen LogP contribution in [-0.4, -0.2) is 24.7 Å². The minimum atomic E-state index is 0.783. The van der Waals surface area contributed by atoms with Crippen LogP contribution in [0.3, 0.4) is 0 Å². The molecule has 0 unspecified atom stereocenters. The van der Waals surface area contributed by atoms with Gasteiger partial charge in [0, 0.05) is 25.9 Å². The number of nitrogens with zero attached hydrogens (tertiary/aromatic N) is 1. The molecule has 1 aromatic rings. The van der Waals surface area contributed by atoms with Crippen molar-refractivity contribution in [1.82, 2.24) is 10.3 Å². The van der Waals surface area contributed by atoms with Gasteiger partial charge in [-0.2, -0.15) is 0 Å². The van der Waals surface area contributed by atoms with E-state index in [-0.39, 0.29) is 0 Å². The predicted molar refractivity (Wildman–Crippen MR) is 69.8 cm³/mol. The molecule has 84 valence electrons. The van der Waals surface area contributed by atoms with Crippen LogP contribution in [0.5, 0.6) is 0 Å². The first-order chi connectivity index (χ1) is 7.33. The van der Waals surface area contributed by atoms with E-state index in [2.05, 4.69) is 45.9 Å². The van der Waals surface area contributed by atoms with E-state index >= 15 is 0 Å². The molecule has 0 spiro atoms. The minimum absolute atomic E-state index is 0.783. The van der Waals surface area contributed by atoms with Crippen LogP contribution in [0.1, 0.15) is 18.9 Å². The highest BCUT2D eigenvalue weighted by Crippen LogP contribution is 2.01. The molecule has 0 fully saturated rings. The van der Waals surface area contributed by atoms with E-state index in [1.807, 2.05) is 12.3 Å². The second kappa shape index (κ2) is 8.01. The first kappa shape index (κ1) is 12.9. The fourth-order valence-electron chi connectivity index (χ4n) is 1.13. The Morgan fingerprint density at radius 3 is 2.93 bits per heavy atom. The molecule has 1 heterocycles. The second-order valence-electron chi connectivity index (χ2n) is 3.28. The van der Waals surface area contributed by atoms with Crippen LogP contribution < -0.4 is 5.32 Å². The molecular weight excluding hydrogens is 303 g/mol. The quantitative estimate of drug-likeness (QED) is 0.475. The van der Waals surface area contributed by atoms with Crippen molar-refractivity contribution in [2.24, 2.45) is 0 Å². The molecule has 0 saturated carbocycles. The zero-order valence-electron chi connectivity index (χ0n) is 9.00. The van der Waals surface area contributed by atoms with Gasteiger partial charge in [-0.05, 0) is 40.6 Å². The summed E-state index contributed by atoms with van der Waals surface area (Å²) in [4.78, 5) is 4.22. The second-order valence-corrected chi connectivity index (χ2v) is 4.38. The van der Waals surface area contributed by atoms with Crippen molar-refractivity contribution < 1.29 is 4.74 Å². The average molecular weight is 320 g/mol. The Labute approximate surface area is 105 Å². The summed E-state index contributed by atoms with van der Waals surface area (Å²) in [6.07, 6.45) is 2.99. The Kier molecular flexibility index (Phi) is 6.87. The van der Waals surface area contributed by atoms with Gasteiger partial charge in [0.15, 0.2) is 0 Å². The minimum Gasteiger partial charge on any atom is -0.380 e. The molecule has 0 aliphatic carbocycles. The van der Waals surface area contributed by atoms with Crippen LogP contribution >= 0.6 is 22.6 Å². The first-order valence-electron chi connectivity index (χ1n) is 5.22. The summed E-state index contributed by atoms with van der Waals surface area (Å²) in [6.45, 7) is 5.51. The van der Waals surface area contributed by atoms with Gasteiger partial charge in [-0.1, -0.05) is 13.0 Å². The summed E-state index contributed by atoms with van der Waals surface area (Å²) in [7, 11) is 0. The molecule has 0 saturated heterocycles. The summed E-state index contributed by atoms with van der Waals surface area (Å²) in [5.41, 5.74) is 1.21. The largest absolute Gasteiger partial charge is 0.380 e. The van der Waals surface area contributed by atoms with Crippen molar-refractivity contribution >= 4 is 22.6 Å². The van der Waals surface area contributed by atoms with Gasteiger partial charge in [-0.25, -0.2) is 0 Å². The van der Waals surface area contributed by atoms with Crippen LogP contribution in [0, 0.1) is 3.70 Å². The maximum Gasteiger partial charge on any atom is 0.101 e. The van der Waals surface area contributed by atoms with E-state index in [9.17, 15) is 0 Å². The number of ether oxygens (including phenoxy) is 1. The fraction of sp³-hybridized carbons (Fsp3) is 0.545. The molecule has 0 radical (unpaired) electrons. The molecule has 4 heteroatoms. The van der Waals surface area contributed by atoms with E-state index in [0.29, 0.717) is 0 Å². The van der Waals surface area contributed by atoms with Crippen LogP contribution in [-0.2, 0) is 11.3 Å². The highest BCUT2D eigenvalue weighted by atomic mass is 127. The molecule has 3 nitrogen and oxygen atoms in total. The van der Waals surface area contributed by atoms with Gasteiger partial charge in [0.1, 0.15) is 3.70 Å². The Hall–Kier alpha value is -0.200. The van der Waals surface area contributed by atoms with Crippen LogP contribution in [0.15, 0.2) is 18.3 Å². The van der Waals surface area contributed by atoms with Crippen molar-refractivity contribution in [3.63, 3.8) is 0 Å². The fourth-order valence-corrected chi connectivity index (χ4v) is 1.45. The van der Waals surface area contributed by atoms with Gasteiger partial charge < -0.3 is 10.1 Å². The van der Waals surface area contributed by atoms with Gasteiger partial charge in [0.05, 0.1) is 6.61 Å². The Morgan fingerprint density at radius 2 is 2.27 bits per heavy atom. The lowest BCUT2D eigenvalue weighted by atomic mass is 10.3. The van der Waals surface area contributed by atoms with Crippen molar-refractivity contribution in [3.05, 3.63) is 27.6 Å². The summed E-state index contributed by atoms with van der Waals surface area (Å²) in [6, 6.07) is 4.11. The molecule has 15 heavy (non-hydrogen) atoms. The molecule has 0 aromatic carbocycles. The summed E-state index contributed by atoms with van der Waals surface area (Å²) in [5.74, 6) is 0. The van der Waals surface area contributed by atoms with E-state index < -0.39 is 0 Å². The number of rotatable bonds is 7. The highest BCUT2D eigenvalue weighted by Gasteiger charge is 1.93. The maximum atomic E-state index is 5.36. The molecule has 1 aromatic heterocycles. The zero-order chi connectivity index (χ0) is 10.9. The van der Waals surface area contributed by atoms with Crippen molar-refractivity contribution in [1.29, 1.82) is 0 Å². The van der Waals surface area contributed by atoms with E-state index in [0.717, 1.165) is 36.4 Å². The Morgan fingerprint density at radius 1 is 1.40 bits per heavy atom. The summed E-state index contributed by atoms with van der Waals surface area (Å²) >= 11 is 2.21. The topological polar surface area (TPSA) is 34.1 Å². The standard InChI is InChI=1S/C11H17IN2O/c1-2-6-15-7-5-13-8-10-3-4-11(12)14-9-10/h3-4,9,13H,2,5-8H2,1H3. The number of hydrogen-bond acceptors (Lipinski definition) is 3. The number of hydrogen-bond donors (Lipinski definition) is 1. The Bertz CT molecular complexity index is 264. The number of nitrogens with one attached hydrogen (secondary N) is 1. The number of halogens is 1. The molecule has 0 bridgehead atoms. The van der Waals surface area contributed by atoms with E-state index in [1.165, 1.54) is 5.56 Å². The van der Waals surface area contributed by atoms with Crippen LogP contribution in [0.25, 0.3) is 0 Å². The molecule has 1 rings (SSSR count). The summed E-state index contributed by atoms with van der Waals surface area (Å²) in [5, 5.41) is 3.31. The number of aromatic nitrogens is 1. The van der Waals surface area contributed by atoms with E-state index in [4.69, 9.17) is 4.74 Å². The lowest BCUT2D eigenvalue weighted by Crippen LogP contribution is -2.19. The maximum absolute atomic E-state index is 5.36. The van der Waals surface area contributed by atoms with Crippen molar-refractivity contribution in [2.75, 3.05) is 19.8 Å². The van der Waals surface area contributed by atoms with Gasteiger partial charge in [-0.15, -0.1) is 0 Å². The normalized spacial score (nSPS) is 10.5. The Balaban J connectivity index is 2.07. The van der Waals surface area contributed by atoms with E-state index in [1.54, 1.807) is 0 Å². The molecule has 0 aliphatic heterocycles. The van der Waals surface area contributed by atoms with Gasteiger partial charge in [0.2, 0.25) is 0 Å². The van der Waals surface area contributed by atoms with Gasteiger partial charge >= 0.3 is 0 Å². The number of pyridine rings is 1. The van der Waals surface area contributed by atoms with Crippen LogP contribution in [0.2, 0.25) is 0 Å². The third kappa shape index (κ3) is 6.06. The molecular formula is C11H17IN2O. The summed E-state index contributed by atoms with van der Waals surface area (Å²) < 4.78 is 6.39. The average Bonchev–Trinajstić information content (AvgIpc) is 2.26. The molecule has 0 amide bonds. The monoisotopic (exact) mass is 320 g/mol. The first-order valence-corrected chi connectivity index (χ1v) is 6.29. The zero-order valence-corrected chi connectivity index (χ0v) is 11.2. The molecule has 0 aliphatic rings. The van der Waals surface area contributed by atoms with Crippen molar-refractivity contribution in [3.8, 4) is 0 Å². The van der Waals surface area contributed by atoms with Gasteiger partial charge in [-0.3, -0.25) is 4.98 Å². The predicted octanol–water partition coefficient (Wildman–Crippen LogP) is 2.20. The third-order valence-corrected chi connectivity index (χ3v) is 2.53. The lowest BCUT2D eigenvalue weighted by molar-refractivity contribution is 0.136. The molecule has 1 N–H and O–H groups in total. The lowest BCUT2D eigenvalue weighted by Gasteiger charge is -2.05. The smallest absolute Gasteiger partial charge is 0.101 e. The van der Waals surface area contributed by atoms with Crippen LogP contribution in [0.4, 0.5) is 0 Å². The highest BCUT2D eigenvalue weighted by molar-refractivity contribution is 14.1. The SMILES string of the molecule is CCCOCCNCc1ccc(I)nc1.